The number of likely N-dealkylation sites (tertiary alicyclic amines) is 1. The number of ether oxygens (including phenoxy) is 1. The fourth-order valence-electron chi connectivity index (χ4n) is 3.62. The number of carbonyl (C=O) groups is 2. The average Bonchev–Trinajstić information content (AvgIpc) is 2.94. The molecule has 2 aromatic rings. The monoisotopic (exact) mass is 391 g/mol. The highest BCUT2D eigenvalue weighted by Crippen LogP contribution is 2.23. The van der Waals surface area contributed by atoms with Crippen molar-refractivity contribution in [2.24, 2.45) is 0 Å². The standard InChI is InChI=1S/C18H21N3O7/c1-11-4-3-5-12(2)20(11)16(22)10-27-17(23)9-19-14-7-6-13(21(25)26)8-15(14)28-18(19)24/h6-8,11-12H,3-5,9-10H2,1-2H3/t11-,12-/m1/s1. The zero-order chi connectivity index (χ0) is 20.4. The van der Waals surface area contributed by atoms with Crippen molar-refractivity contribution in [3.8, 4) is 0 Å². The van der Waals surface area contributed by atoms with E-state index in [1.165, 1.54) is 12.1 Å². The molecule has 28 heavy (non-hydrogen) atoms. The van der Waals surface area contributed by atoms with Crippen LogP contribution in [0.4, 0.5) is 5.69 Å². The lowest BCUT2D eigenvalue weighted by Crippen LogP contribution is -2.49. The molecule has 0 spiro atoms. The van der Waals surface area contributed by atoms with E-state index < -0.39 is 29.8 Å². The maximum Gasteiger partial charge on any atom is 0.420 e. The third kappa shape index (κ3) is 3.90. The highest BCUT2D eigenvalue weighted by molar-refractivity contribution is 5.82. The molecule has 1 fully saturated rings. The number of hydrogen-bond acceptors (Lipinski definition) is 7. The van der Waals surface area contributed by atoms with E-state index in [1.807, 2.05) is 13.8 Å². The Morgan fingerprint density at radius 2 is 1.96 bits per heavy atom. The molecule has 1 aliphatic rings. The summed E-state index contributed by atoms with van der Waals surface area (Å²) in [6.45, 7) is 3.07. The number of non-ortho nitro benzene ring substituents is 1. The molecule has 0 bridgehead atoms. The number of rotatable bonds is 5. The molecule has 0 radical (unpaired) electrons. The Balaban J connectivity index is 1.66. The topological polar surface area (TPSA) is 125 Å². The van der Waals surface area contributed by atoms with Crippen LogP contribution in [0.2, 0.25) is 0 Å². The number of nitrogens with zero attached hydrogens (tertiary/aromatic N) is 3. The van der Waals surface area contributed by atoms with E-state index in [9.17, 15) is 24.5 Å². The van der Waals surface area contributed by atoms with Crippen LogP contribution in [0.15, 0.2) is 27.4 Å². The van der Waals surface area contributed by atoms with Crippen molar-refractivity contribution in [1.29, 1.82) is 0 Å². The highest BCUT2D eigenvalue weighted by Gasteiger charge is 2.29. The minimum absolute atomic E-state index is 0.000886. The quantitative estimate of drug-likeness (QED) is 0.432. The number of aromatic nitrogens is 1. The van der Waals surface area contributed by atoms with Gasteiger partial charge in [-0.3, -0.25) is 24.3 Å². The summed E-state index contributed by atoms with van der Waals surface area (Å²) in [6, 6.07) is 3.83. The van der Waals surface area contributed by atoms with Crippen molar-refractivity contribution in [2.45, 2.75) is 51.7 Å². The van der Waals surface area contributed by atoms with Crippen LogP contribution in [0.3, 0.4) is 0 Å². The molecule has 1 aromatic heterocycles. The molecule has 2 heterocycles. The molecular weight excluding hydrogens is 370 g/mol. The summed E-state index contributed by atoms with van der Waals surface area (Å²) in [5, 5.41) is 10.8. The lowest BCUT2D eigenvalue weighted by molar-refractivity contribution is -0.384. The van der Waals surface area contributed by atoms with Gasteiger partial charge in [0.1, 0.15) is 6.54 Å². The van der Waals surface area contributed by atoms with Crippen LogP contribution in [0.25, 0.3) is 11.1 Å². The molecule has 1 aliphatic heterocycles. The summed E-state index contributed by atoms with van der Waals surface area (Å²) in [4.78, 5) is 48.4. The van der Waals surface area contributed by atoms with Crippen molar-refractivity contribution in [3.63, 3.8) is 0 Å². The molecule has 0 aliphatic carbocycles. The summed E-state index contributed by atoms with van der Waals surface area (Å²) in [5.74, 6) is -1.88. The summed E-state index contributed by atoms with van der Waals surface area (Å²) in [5.41, 5.74) is 0.00235. The van der Waals surface area contributed by atoms with Gasteiger partial charge in [-0.15, -0.1) is 0 Å². The van der Waals surface area contributed by atoms with Crippen molar-refractivity contribution >= 4 is 28.7 Å². The van der Waals surface area contributed by atoms with Crippen molar-refractivity contribution in [2.75, 3.05) is 6.61 Å². The summed E-state index contributed by atoms with van der Waals surface area (Å²) in [7, 11) is 0. The number of carbonyl (C=O) groups excluding carboxylic acids is 2. The normalized spacial score (nSPS) is 19.6. The third-order valence-electron chi connectivity index (χ3n) is 4.99. The van der Waals surface area contributed by atoms with Crippen LogP contribution in [0, 0.1) is 10.1 Å². The van der Waals surface area contributed by atoms with Gasteiger partial charge in [0.2, 0.25) is 0 Å². The van der Waals surface area contributed by atoms with Gasteiger partial charge in [0.25, 0.3) is 11.6 Å². The number of nitro groups is 1. The number of oxazole rings is 1. The number of esters is 1. The zero-order valence-electron chi connectivity index (χ0n) is 15.6. The Bertz CT molecular complexity index is 967. The first-order valence-electron chi connectivity index (χ1n) is 9.02. The van der Waals surface area contributed by atoms with Gasteiger partial charge >= 0.3 is 11.7 Å². The number of amides is 1. The molecule has 0 unspecified atom stereocenters. The fraction of sp³-hybridized carbons (Fsp3) is 0.500. The molecule has 1 amide bonds. The van der Waals surface area contributed by atoms with E-state index in [0.717, 1.165) is 29.9 Å². The lowest BCUT2D eigenvalue weighted by Gasteiger charge is -2.38. The SMILES string of the molecule is C[C@@H]1CCC[C@@H](C)N1C(=O)COC(=O)Cn1c(=O)oc2cc([N+](=O)[O-])ccc21. The average molecular weight is 391 g/mol. The van der Waals surface area contributed by atoms with Gasteiger partial charge in [0.05, 0.1) is 16.5 Å². The predicted octanol–water partition coefficient (Wildman–Crippen LogP) is 1.84. The number of nitro benzene ring substituents is 1. The van der Waals surface area contributed by atoms with Gasteiger partial charge in [-0.25, -0.2) is 4.79 Å². The van der Waals surface area contributed by atoms with Crippen LogP contribution in [0.5, 0.6) is 0 Å². The molecule has 3 rings (SSSR count). The van der Waals surface area contributed by atoms with E-state index in [0.29, 0.717) is 0 Å². The fourth-order valence-corrected chi connectivity index (χ4v) is 3.62. The van der Waals surface area contributed by atoms with E-state index >= 15 is 0 Å². The lowest BCUT2D eigenvalue weighted by atomic mass is 9.97. The molecular formula is C18H21N3O7. The molecule has 1 aromatic carbocycles. The van der Waals surface area contributed by atoms with Gasteiger partial charge in [-0.05, 0) is 39.2 Å². The second-order valence-corrected chi connectivity index (χ2v) is 6.95. The van der Waals surface area contributed by atoms with Crippen molar-refractivity contribution in [3.05, 3.63) is 38.9 Å². The Labute approximate surface area is 159 Å². The summed E-state index contributed by atoms with van der Waals surface area (Å²) < 4.78 is 11.0. The number of fused-ring (bicyclic) bond motifs is 1. The number of hydrogen-bond donors (Lipinski definition) is 0. The van der Waals surface area contributed by atoms with Gasteiger partial charge in [-0.1, -0.05) is 0 Å². The molecule has 1 saturated heterocycles. The smallest absolute Gasteiger partial charge is 0.420 e. The Morgan fingerprint density at radius 3 is 2.61 bits per heavy atom. The van der Waals surface area contributed by atoms with Crippen LogP contribution in [-0.2, 0) is 20.9 Å². The Kier molecular flexibility index (Phi) is 5.48. The molecule has 2 atom stereocenters. The molecule has 0 N–H and O–H groups in total. The highest BCUT2D eigenvalue weighted by atomic mass is 16.6. The molecule has 150 valence electrons. The first kappa shape index (κ1) is 19.6. The predicted molar refractivity (Wildman–Crippen MR) is 97.7 cm³/mol. The minimum atomic E-state index is -0.836. The van der Waals surface area contributed by atoms with Gasteiger partial charge in [0, 0.05) is 18.2 Å². The van der Waals surface area contributed by atoms with Gasteiger partial charge < -0.3 is 14.1 Å². The molecule has 10 nitrogen and oxygen atoms in total. The number of benzene rings is 1. The third-order valence-corrected chi connectivity index (χ3v) is 4.99. The minimum Gasteiger partial charge on any atom is -0.454 e. The van der Waals surface area contributed by atoms with E-state index in [-0.39, 0.29) is 34.8 Å². The maximum absolute atomic E-state index is 12.4. The van der Waals surface area contributed by atoms with Crippen LogP contribution in [0.1, 0.15) is 33.1 Å². The number of piperidine rings is 1. The summed E-state index contributed by atoms with van der Waals surface area (Å²) in [6.07, 6.45) is 2.87. The molecule has 10 heteroatoms. The van der Waals surface area contributed by atoms with Crippen LogP contribution >= 0.6 is 0 Å². The second kappa shape index (κ2) is 7.83. The largest absolute Gasteiger partial charge is 0.454 e. The van der Waals surface area contributed by atoms with Gasteiger partial charge in [-0.2, -0.15) is 0 Å². The molecule has 0 saturated carbocycles. The first-order chi connectivity index (χ1) is 13.3. The summed E-state index contributed by atoms with van der Waals surface area (Å²) >= 11 is 0. The van der Waals surface area contributed by atoms with Gasteiger partial charge in [0.15, 0.2) is 12.2 Å². The van der Waals surface area contributed by atoms with Crippen molar-refractivity contribution in [1.82, 2.24) is 9.47 Å². The van der Waals surface area contributed by atoms with E-state index in [1.54, 1.807) is 4.90 Å². The Morgan fingerprint density at radius 1 is 1.29 bits per heavy atom. The zero-order valence-corrected chi connectivity index (χ0v) is 15.6. The van der Waals surface area contributed by atoms with Crippen LogP contribution < -0.4 is 5.76 Å². The van der Waals surface area contributed by atoms with E-state index in [2.05, 4.69) is 0 Å². The Hall–Kier alpha value is -3.17. The van der Waals surface area contributed by atoms with Crippen LogP contribution in [-0.4, -0.2) is 45.0 Å². The van der Waals surface area contributed by atoms with E-state index in [4.69, 9.17) is 9.15 Å². The second-order valence-electron chi connectivity index (χ2n) is 6.95. The first-order valence-corrected chi connectivity index (χ1v) is 9.02. The maximum atomic E-state index is 12.4. The van der Waals surface area contributed by atoms with Crippen molar-refractivity contribution < 1.29 is 23.7 Å².